The van der Waals surface area contributed by atoms with Crippen LogP contribution in [0.25, 0.3) is 0 Å². The molecule has 0 unspecified atom stereocenters. The Kier molecular flexibility index (Phi) is 3.39. The van der Waals surface area contributed by atoms with E-state index in [4.69, 9.17) is 9.84 Å². The molecule has 3 atom stereocenters. The van der Waals surface area contributed by atoms with Gasteiger partial charge < -0.3 is 14.9 Å². The Hall–Kier alpha value is -0.710. The zero-order valence-corrected chi connectivity index (χ0v) is 10.8. The van der Waals surface area contributed by atoms with Crippen molar-refractivity contribution in [1.82, 2.24) is 9.55 Å². The van der Waals surface area contributed by atoms with E-state index in [1.54, 1.807) is 0 Å². The molecule has 1 aliphatic rings. The zero-order valence-electron chi connectivity index (χ0n) is 8.67. The van der Waals surface area contributed by atoms with E-state index in [0.717, 1.165) is 0 Å². The van der Waals surface area contributed by atoms with Crippen molar-refractivity contribution >= 4 is 22.6 Å². The molecule has 1 aromatic heterocycles. The Morgan fingerprint density at radius 2 is 2.35 bits per heavy atom. The highest BCUT2D eigenvalue weighted by atomic mass is 131. The molecule has 17 heavy (non-hydrogen) atoms. The first kappa shape index (κ1) is 12.7. The second kappa shape index (κ2) is 4.52. The molecule has 0 aromatic carbocycles. The standard InChI is InChI=1S/C9H11IN2O5/c10-9(3-5(14)6(4-13)17-9)12-2-1-7(15)11-8(12)16/h1-2,5-6,13-14H,3-4H2,(H,11,15,16)/t5-,6+,9-/m0/s1/i10+4. The van der Waals surface area contributed by atoms with Gasteiger partial charge in [-0.05, 0) is 22.6 Å². The fourth-order valence-electron chi connectivity index (χ4n) is 1.74. The van der Waals surface area contributed by atoms with E-state index in [0.29, 0.717) is 0 Å². The van der Waals surface area contributed by atoms with Gasteiger partial charge in [0, 0.05) is 18.7 Å². The molecule has 3 N–H and O–H groups in total. The molecule has 2 rings (SSSR count). The lowest BCUT2D eigenvalue weighted by Gasteiger charge is -2.24. The van der Waals surface area contributed by atoms with E-state index >= 15 is 0 Å². The monoisotopic (exact) mass is 358 g/mol. The number of rotatable bonds is 2. The molecule has 0 amide bonds. The van der Waals surface area contributed by atoms with Crippen LogP contribution in [0.2, 0.25) is 0 Å². The van der Waals surface area contributed by atoms with Crippen molar-refractivity contribution in [2.24, 2.45) is 0 Å². The quantitative estimate of drug-likeness (QED) is 0.452. The van der Waals surface area contributed by atoms with Crippen LogP contribution in [0.1, 0.15) is 6.42 Å². The van der Waals surface area contributed by atoms with Gasteiger partial charge in [-0.25, -0.2) is 4.79 Å². The van der Waals surface area contributed by atoms with E-state index in [-0.39, 0.29) is 13.0 Å². The number of aliphatic hydroxyl groups is 2. The van der Waals surface area contributed by atoms with E-state index < -0.39 is 27.2 Å². The van der Waals surface area contributed by atoms with Crippen LogP contribution in [0.5, 0.6) is 0 Å². The Bertz CT molecular complexity index is 527. The van der Waals surface area contributed by atoms with Crippen LogP contribution in [0, 0.1) is 0 Å². The summed E-state index contributed by atoms with van der Waals surface area (Å²) in [5, 5.41) is 18.6. The smallest absolute Gasteiger partial charge is 0.331 e. The Morgan fingerprint density at radius 3 is 2.88 bits per heavy atom. The van der Waals surface area contributed by atoms with E-state index in [1.165, 1.54) is 16.8 Å². The number of hydrogen-bond donors (Lipinski definition) is 3. The number of aliphatic hydroxyl groups excluding tert-OH is 2. The number of aromatic amines is 1. The molecule has 0 bridgehead atoms. The summed E-state index contributed by atoms with van der Waals surface area (Å²) in [4.78, 5) is 24.7. The van der Waals surface area contributed by atoms with E-state index in [9.17, 15) is 14.7 Å². The summed E-state index contributed by atoms with van der Waals surface area (Å²) < 4.78 is 5.54. The topological polar surface area (TPSA) is 105 Å². The summed E-state index contributed by atoms with van der Waals surface area (Å²) in [6.45, 7) is -0.329. The number of hydrogen-bond acceptors (Lipinski definition) is 5. The van der Waals surface area contributed by atoms with Crippen molar-refractivity contribution in [3.8, 4) is 0 Å². The first-order valence-corrected chi connectivity index (χ1v) is 6.02. The van der Waals surface area contributed by atoms with E-state index in [2.05, 4.69) is 4.98 Å². The van der Waals surface area contributed by atoms with Crippen LogP contribution in [0.3, 0.4) is 0 Å². The zero-order chi connectivity index (χ0) is 12.6. The number of nitrogens with zero attached hydrogens (tertiary/aromatic N) is 1. The molecular formula is C9H11IN2O5. The Balaban J connectivity index is 2.40. The highest BCUT2D eigenvalue weighted by Crippen LogP contribution is 2.39. The van der Waals surface area contributed by atoms with Gasteiger partial charge in [0.05, 0.1) is 12.7 Å². The molecule has 1 aliphatic heterocycles. The molecule has 1 saturated heterocycles. The molecule has 0 radical (unpaired) electrons. The lowest BCUT2D eigenvalue weighted by atomic mass is 10.2. The highest BCUT2D eigenvalue weighted by molar-refractivity contribution is 14.1. The lowest BCUT2D eigenvalue weighted by Crippen LogP contribution is -2.40. The predicted octanol–water partition coefficient (Wildman–Crippen LogP) is -1.28. The summed E-state index contributed by atoms with van der Waals surface area (Å²) in [5.41, 5.74) is -1.11. The van der Waals surface area contributed by atoms with Crippen LogP contribution in [-0.2, 0) is 8.47 Å². The van der Waals surface area contributed by atoms with Gasteiger partial charge in [0.2, 0.25) is 3.73 Å². The summed E-state index contributed by atoms with van der Waals surface area (Å²) in [5.74, 6) is 0. The number of H-pyrrole nitrogens is 1. The van der Waals surface area contributed by atoms with E-state index in [1.807, 2.05) is 22.6 Å². The molecule has 1 aromatic rings. The maximum absolute atomic E-state index is 11.6. The minimum Gasteiger partial charge on any atom is -0.394 e. The minimum atomic E-state index is -1.09. The third kappa shape index (κ3) is 2.30. The molecule has 94 valence electrons. The van der Waals surface area contributed by atoms with Gasteiger partial charge in [-0.3, -0.25) is 14.3 Å². The van der Waals surface area contributed by atoms with Crippen molar-refractivity contribution in [3.63, 3.8) is 0 Å². The van der Waals surface area contributed by atoms with Gasteiger partial charge in [0.15, 0.2) is 0 Å². The van der Waals surface area contributed by atoms with Crippen LogP contribution >= 0.6 is 22.6 Å². The van der Waals surface area contributed by atoms with Gasteiger partial charge >= 0.3 is 5.69 Å². The first-order valence-electron chi connectivity index (χ1n) is 4.94. The number of alkyl halides is 1. The highest BCUT2D eigenvalue weighted by Gasteiger charge is 2.45. The Morgan fingerprint density at radius 1 is 1.65 bits per heavy atom. The van der Waals surface area contributed by atoms with Crippen molar-refractivity contribution in [2.75, 3.05) is 6.61 Å². The average Bonchev–Trinajstić information content (AvgIpc) is 2.54. The second-order valence-corrected chi connectivity index (χ2v) is 5.47. The van der Waals surface area contributed by atoms with Crippen molar-refractivity contribution < 1.29 is 14.9 Å². The van der Waals surface area contributed by atoms with Crippen LogP contribution in [0.15, 0.2) is 21.9 Å². The van der Waals surface area contributed by atoms with Crippen molar-refractivity contribution in [2.45, 2.75) is 22.4 Å². The van der Waals surface area contributed by atoms with Gasteiger partial charge in [-0.1, -0.05) is 0 Å². The first-order chi connectivity index (χ1) is 7.96. The fraction of sp³-hybridized carbons (Fsp3) is 0.556. The maximum atomic E-state index is 11.6. The van der Waals surface area contributed by atoms with Crippen LogP contribution in [-0.4, -0.2) is 38.6 Å². The molecule has 0 aliphatic carbocycles. The third-order valence-electron chi connectivity index (χ3n) is 2.59. The number of ether oxygens (including phenoxy) is 1. The minimum absolute atomic E-state index is 0.157. The third-order valence-corrected chi connectivity index (χ3v) is 3.80. The summed E-state index contributed by atoms with van der Waals surface area (Å²) >= 11 is 1.87. The molecule has 1 fully saturated rings. The second-order valence-electron chi connectivity index (χ2n) is 3.78. The van der Waals surface area contributed by atoms with Gasteiger partial charge in [-0.15, -0.1) is 0 Å². The number of aromatic nitrogens is 2. The summed E-state index contributed by atoms with van der Waals surface area (Å²) in [7, 11) is 0. The molecule has 0 spiro atoms. The molecule has 8 heteroatoms. The fourth-order valence-corrected chi connectivity index (χ4v) is 2.90. The molecule has 7 nitrogen and oxygen atoms in total. The van der Waals surface area contributed by atoms with Crippen LogP contribution in [0.4, 0.5) is 0 Å². The maximum Gasteiger partial charge on any atom is 0.331 e. The molecule has 2 heterocycles. The largest absolute Gasteiger partial charge is 0.394 e. The van der Waals surface area contributed by atoms with Crippen LogP contribution < -0.4 is 11.2 Å². The summed E-state index contributed by atoms with van der Waals surface area (Å²) in [6, 6.07) is 1.20. The lowest BCUT2D eigenvalue weighted by molar-refractivity contribution is -0.0554. The number of nitrogens with one attached hydrogen (secondary N) is 1. The number of halogens is 1. The normalized spacial score (nSPS) is 32.9. The SMILES string of the molecule is O=c1ccn([C@@]2([131I])C[C@H](O)[C@@H](CO)O2)c(=O)[nH]1. The molecule has 0 saturated carbocycles. The average molecular weight is 358 g/mol. The van der Waals surface area contributed by atoms with Gasteiger partial charge in [0.1, 0.15) is 6.10 Å². The van der Waals surface area contributed by atoms with Crippen molar-refractivity contribution in [3.05, 3.63) is 33.1 Å². The predicted molar refractivity (Wildman–Crippen MR) is 65.9 cm³/mol. The van der Waals surface area contributed by atoms with Gasteiger partial charge in [-0.2, -0.15) is 0 Å². The Labute approximate surface area is 109 Å². The van der Waals surface area contributed by atoms with Gasteiger partial charge in [0.25, 0.3) is 5.56 Å². The summed E-state index contributed by atoms with van der Waals surface area (Å²) in [6.07, 6.45) is -0.119. The van der Waals surface area contributed by atoms with Crippen molar-refractivity contribution in [1.29, 1.82) is 0 Å². The molecular weight excluding hydrogens is 347 g/mol.